The van der Waals surface area contributed by atoms with Crippen LogP contribution in [0.2, 0.25) is 0 Å². The van der Waals surface area contributed by atoms with Gasteiger partial charge in [-0.2, -0.15) is 4.98 Å². The van der Waals surface area contributed by atoms with Crippen molar-refractivity contribution in [2.45, 2.75) is 6.54 Å². The number of amides is 2. The molecule has 0 aliphatic heterocycles. The predicted octanol–water partition coefficient (Wildman–Crippen LogP) is 3.01. The van der Waals surface area contributed by atoms with E-state index in [0.717, 1.165) is 16.8 Å². The van der Waals surface area contributed by atoms with Gasteiger partial charge >= 0.3 is 6.09 Å². The van der Waals surface area contributed by atoms with E-state index in [9.17, 15) is 9.59 Å². The van der Waals surface area contributed by atoms with Crippen molar-refractivity contribution in [1.82, 2.24) is 19.9 Å². The van der Waals surface area contributed by atoms with E-state index in [1.807, 2.05) is 18.2 Å². The van der Waals surface area contributed by atoms with E-state index in [2.05, 4.69) is 20.7 Å². The Balaban J connectivity index is 1.52. The molecule has 0 aliphatic rings. The third kappa shape index (κ3) is 3.54. The zero-order chi connectivity index (χ0) is 19.5. The molecule has 4 aromatic rings. The second-order valence-corrected chi connectivity index (χ2v) is 5.94. The molecule has 3 heterocycles. The Morgan fingerprint density at radius 1 is 1.11 bits per heavy atom. The second-order valence-electron chi connectivity index (χ2n) is 5.94. The minimum atomic E-state index is -1.10. The Kier molecular flexibility index (Phi) is 4.47. The number of aromatic nitrogens is 3. The van der Waals surface area contributed by atoms with Crippen molar-refractivity contribution in [3.8, 4) is 11.3 Å². The van der Waals surface area contributed by atoms with Crippen LogP contribution in [-0.4, -0.2) is 31.7 Å². The molecule has 0 saturated heterocycles. The summed E-state index contributed by atoms with van der Waals surface area (Å²) in [5.74, 6) is -0.184. The summed E-state index contributed by atoms with van der Waals surface area (Å²) >= 11 is 0. The lowest BCUT2D eigenvalue weighted by atomic mass is 10.1. The van der Waals surface area contributed by atoms with Crippen LogP contribution in [0.1, 0.15) is 15.9 Å². The number of carboxylic acid groups (broad SMARTS) is 1. The van der Waals surface area contributed by atoms with Gasteiger partial charge in [-0.05, 0) is 35.9 Å². The highest BCUT2D eigenvalue weighted by Gasteiger charge is 2.13. The highest BCUT2D eigenvalue weighted by molar-refractivity contribution is 6.03. The normalized spacial score (nSPS) is 10.7. The van der Waals surface area contributed by atoms with Gasteiger partial charge in [0.25, 0.3) is 5.91 Å². The van der Waals surface area contributed by atoms with E-state index in [-0.39, 0.29) is 18.4 Å². The summed E-state index contributed by atoms with van der Waals surface area (Å²) in [6.45, 7) is 0.169. The maximum atomic E-state index is 12.5. The predicted molar refractivity (Wildman–Crippen MR) is 99.9 cm³/mol. The van der Waals surface area contributed by atoms with Crippen LogP contribution in [0.5, 0.6) is 0 Å². The largest absolute Gasteiger partial charge is 0.472 e. The Morgan fingerprint density at radius 3 is 2.64 bits per heavy atom. The molecule has 9 heteroatoms. The first-order valence-corrected chi connectivity index (χ1v) is 8.35. The first-order valence-electron chi connectivity index (χ1n) is 8.35. The molecule has 28 heavy (non-hydrogen) atoms. The van der Waals surface area contributed by atoms with Gasteiger partial charge in [0.1, 0.15) is 0 Å². The molecule has 3 N–H and O–H groups in total. The monoisotopic (exact) mass is 377 g/mol. The zero-order valence-electron chi connectivity index (χ0n) is 14.5. The summed E-state index contributed by atoms with van der Waals surface area (Å²) in [6, 6.07) is 13.9. The molecule has 1 aromatic carbocycles. The molecule has 0 fully saturated rings. The molecule has 0 spiro atoms. The SMILES string of the molecule is O=C(O)NCc1ccc(C(=O)Nc2nc3cccc(-c4ccoc4)n3n2)cc1. The zero-order valence-corrected chi connectivity index (χ0v) is 14.5. The highest BCUT2D eigenvalue weighted by atomic mass is 16.4. The number of hydrogen-bond acceptors (Lipinski definition) is 5. The summed E-state index contributed by atoms with van der Waals surface area (Å²) in [4.78, 5) is 27.3. The van der Waals surface area contributed by atoms with Crippen molar-refractivity contribution in [2.75, 3.05) is 5.32 Å². The van der Waals surface area contributed by atoms with Crippen LogP contribution in [0, 0.1) is 0 Å². The Hall–Kier alpha value is -4.14. The summed E-state index contributed by atoms with van der Waals surface area (Å²) in [6.07, 6.45) is 2.08. The number of rotatable bonds is 5. The third-order valence-electron chi connectivity index (χ3n) is 4.06. The molecule has 0 bridgehead atoms. The van der Waals surface area contributed by atoms with Crippen LogP contribution in [-0.2, 0) is 6.54 Å². The molecular weight excluding hydrogens is 362 g/mol. The first kappa shape index (κ1) is 17.3. The smallest absolute Gasteiger partial charge is 0.404 e. The summed E-state index contributed by atoms with van der Waals surface area (Å²) < 4.78 is 6.74. The summed E-state index contributed by atoms with van der Waals surface area (Å²) in [7, 11) is 0. The minimum absolute atomic E-state index is 0.169. The van der Waals surface area contributed by atoms with Crippen molar-refractivity contribution in [3.05, 3.63) is 72.2 Å². The van der Waals surface area contributed by atoms with E-state index < -0.39 is 6.09 Å². The molecule has 3 aromatic heterocycles. The topological polar surface area (TPSA) is 122 Å². The van der Waals surface area contributed by atoms with Crippen LogP contribution in [0.25, 0.3) is 16.9 Å². The Bertz CT molecular complexity index is 1130. The maximum Gasteiger partial charge on any atom is 0.404 e. The fourth-order valence-electron chi connectivity index (χ4n) is 2.71. The van der Waals surface area contributed by atoms with Gasteiger partial charge in [0.15, 0.2) is 5.65 Å². The lowest BCUT2D eigenvalue weighted by Crippen LogP contribution is -2.20. The van der Waals surface area contributed by atoms with Crippen molar-refractivity contribution in [2.24, 2.45) is 0 Å². The van der Waals surface area contributed by atoms with Gasteiger partial charge in [-0.1, -0.05) is 18.2 Å². The molecular formula is C19H15N5O4. The van der Waals surface area contributed by atoms with Crippen molar-refractivity contribution in [3.63, 3.8) is 0 Å². The molecule has 0 aliphatic carbocycles. The van der Waals surface area contributed by atoms with Gasteiger partial charge in [0.05, 0.1) is 18.2 Å². The fourth-order valence-corrected chi connectivity index (χ4v) is 2.71. The second kappa shape index (κ2) is 7.23. The lowest BCUT2D eigenvalue weighted by Gasteiger charge is -2.04. The van der Waals surface area contributed by atoms with Crippen LogP contribution >= 0.6 is 0 Å². The van der Waals surface area contributed by atoms with Gasteiger partial charge in [-0.25, -0.2) is 9.31 Å². The van der Waals surface area contributed by atoms with Gasteiger partial charge in [-0.3, -0.25) is 10.1 Å². The number of hydrogen-bond donors (Lipinski definition) is 3. The van der Waals surface area contributed by atoms with Crippen LogP contribution in [0.15, 0.2) is 65.5 Å². The van der Waals surface area contributed by atoms with Gasteiger partial charge in [0.2, 0.25) is 5.95 Å². The van der Waals surface area contributed by atoms with Gasteiger partial charge in [0, 0.05) is 17.7 Å². The van der Waals surface area contributed by atoms with E-state index in [4.69, 9.17) is 9.52 Å². The van der Waals surface area contributed by atoms with E-state index in [0.29, 0.717) is 11.2 Å². The average molecular weight is 377 g/mol. The number of pyridine rings is 1. The fraction of sp³-hybridized carbons (Fsp3) is 0.0526. The lowest BCUT2D eigenvalue weighted by molar-refractivity contribution is 0.102. The number of carbonyl (C=O) groups is 2. The number of nitrogens with zero attached hydrogens (tertiary/aromatic N) is 3. The Labute approximate surface area is 158 Å². The quantitative estimate of drug-likeness (QED) is 0.491. The molecule has 0 saturated carbocycles. The third-order valence-corrected chi connectivity index (χ3v) is 4.06. The van der Waals surface area contributed by atoms with Crippen LogP contribution in [0.4, 0.5) is 10.7 Å². The van der Waals surface area contributed by atoms with Gasteiger partial charge in [-0.15, -0.1) is 5.10 Å². The Morgan fingerprint density at radius 2 is 1.93 bits per heavy atom. The number of benzene rings is 1. The average Bonchev–Trinajstić information content (AvgIpc) is 3.35. The minimum Gasteiger partial charge on any atom is -0.472 e. The molecule has 0 radical (unpaired) electrons. The summed E-state index contributed by atoms with van der Waals surface area (Å²) in [5, 5.41) is 17.9. The number of anilines is 1. The first-order chi connectivity index (χ1) is 13.6. The molecule has 2 amide bonds. The van der Waals surface area contributed by atoms with Crippen molar-refractivity contribution in [1.29, 1.82) is 0 Å². The number of carbonyl (C=O) groups excluding carboxylic acids is 1. The number of nitrogens with one attached hydrogen (secondary N) is 2. The molecule has 4 rings (SSSR count). The summed E-state index contributed by atoms with van der Waals surface area (Å²) in [5.41, 5.74) is 3.38. The van der Waals surface area contributed by atoms with E-state index in [1.165, 1.54) is 0 Å². The number of fused-ring (bicyclic) bond motifs is 1. The standard InChI is InChI=1S/C19H15N5O4/c25-17(13-6-4-12(5-7-13)10-20-19(26)27)22-18-21-16-3-1-2-15(24(16)23-18)14-8-9-28-11-14/h1-9,11,20H,10H2,(H,26,27)(H,22,23,25). The molecule has 9 nitrogen and oxygen atoms in total. The number of furan rings is 1. The van der Waals surface area contributed by atoms with E-state index >= 15 is 0 Å². The highest BCUT2D eigenvalue weighted by Crippen LogP contribution is 2.21. The maximum absolute atomic E-state index is 12.5. The van der Waals surface area contributed by atoms with Crippen molar-refractivity contribution >= 4 is 23.6 Å². The van der Waals surface area contributed by atoms with Crippen molar-refractivity contribution < 1.29 is 19.1 Å². The van der Waals surface area contributed by atoms with E-state index in [1.54, 1.807) is 47.4 Å². The van der Waals surface area contributed by atoms with Crippen LogP contribution < -0.4 is 10.6 Å². The van der Waals surface area contributed by atoms with Crippen LogP contribution in [0.3, 0.4) is 0 Å². The molecule has 0 unspecified atom stereocenters. The van der Waals surface area contributed by atoms with Gasteiger partial charge < -0.3 is 14.8 Å². The molecule has 140 valence electrons. The molecule has 0 atom stereocenters.